The molecule has 1 N–H and O–H groups in total. The monoisotopic (exact) mass is 581 g/mol. The van der Waals surface area contributed by atoms with Crippen LogP contribution in [0, 0.1) is 0 Å². The second kappa shape index (κ2) is 13.0. The van der Waals surface area contributed by atoms with Crippen molar-refractivity contribution >= 4 is 22.7 Å². The number of hydrogen-bond acceptors (Lipinski definition) is 4. The van der Waals surface area contributed by atoms with E-state index in [-0.39, 0.29) is 36.5 Å². The quantitative estimate of drug-likeness (QED) is 0.225. The van der Waals surface area contributed by atoms with Crippen molar-refractivity contribution < 1.29 is 32.2 Å². The second-order valence-corrected chi connectivity index (χ2v) is 10.2. The van der Waals surface area contributed by atoms with Crippen LogP contribution >= 0.6 is 0 Å². The summed E-state index contributed by atoms with van der Waals surface area (Å²) in [5, 5.41) is 1.03. The summed E-state index contributed by atoms with van der Waals surface area (Å²) in [4.78, 5) is 33.7. The summed E-state index contributed by atoms with van der Waals surface area (Å²) < 4.78 is 50.0. The van der Waals surface area contributed by atoms with E-state index in [0.29, 0.717) is 30.0 Å². The minimum atomic E-state index is -4.45. The number of nitrogens with zero attached hydrogens (tertiary/aromatic N) is 2. The van der Waals surface area contributed by atoms with Gasteiger partial charge in [-0.15, -0.1) is 0 Å². The number of hydrogen-bond donors (Lipinski definition) is 1. The first-order valence-corrected chi connectivity index (χ1v) is 13.5. The summed E-state index contributed by atoms with van der Waals surface area (Å²) in [6.45, 7) is 3.79. The molecule has 0 bridgehead atoms. The van der Waals surface area contributed by atoms with Gasteiger partial charge in [-0.2, -0.15) is 13.2 Å². The number of H-pyrrole nitrogens is 1. The first kappa shape index (κ1) is 30.5. The van der Waals surface area contributed by atoms with Crippen LogP contribution in [0.1, 0.15) is 40.9 Å². The lowest BCUT2D eigenvalue weighted by Gasteiger charge is -2.30. The van der Waals surface area contributed by atoms with Gasteiger partial charge in [-0.05, 0) is 61.7 Å². The van der Waals surface area contributed by atoms with E-state index >= 15 is 0 Å². The van der Waals surface area contributed by atoms with Gasteiger partial charge in [-0.1, -0.05) is 30.3 Å². The first-order chi connectivity index (χ1) is 20.0. The number of rotatable bonds is 11. The van der Waals surface area contributed by atoms with Gasteiger partial charge in [0.25, 0.3) is 5.91 Å². The number of fused-ring (bicyclic) bond motifs is 1. The Morgan fingerprint density at radius 2 is 1.67 bits per heavy atom. The number of halogens is 3. The Balaban J connectivity index is 1.59. The predicted octanol–water partition coefficient (Wildman–Crippen LogP) is 6.33. The minimum absolute atomic E-state index is 0.0886. The third kappa shape index (κ3) is 7.05. The van der Waals surface area contributed by atoms with Crippen molar-refractivity contribution in [1.29, 1.82) is 0 Å². The number of nitrogens with one attached hydrogen (secondary N) is 1. The molecule has 0 saturated heterocycles. The molecule has 2 amide bonds. The van der Waals surface area contributed by atoms with Crippen molar-refractivity contribution in [2.75, 3.05) is 27.3 Å². The topological polar surface area (TPSA) is 74.9 Å². The number of amides is 2. The summed E-state index contributed by atoms with van der Waals surface area (Å²) in [5.74, 6) is 0.127. The molecule has 7 nitrogen and oxygen atoms in total. The minimum Gasteiger partial charge on any atom is -0.497 e. The van der Waals surface area contributed by atoms with Crippen LogP contribution in [-0.2, 0) is 23.9 Å². The molecule has 0 spiro atoms. The highest BCUT2D eigenvalue weighted by molar-refractivity contribution is 5.99. The largest absolute Gasteiger partial charge is 0.497 e. The first-order valence-electron chi connectivity index (χ1n) is 13.5. The van der Waals surface area contributed by atoms with Gasteiger partial charge in [-0.25, -0.2) is 0 Å². The van der Waals surface area contributed by atoms with Crippen LogP contribution in [0.15, 0.2) is 72.9 Å². The zero-order valence-electron chi connectivity index (χ0n) is 24.0. The lowest BCUT2D eigenvalue weighted by Crippen LogP contribution is -2.46. The molecule has 0 aliphatic heterocycles. The lowest BCUT2D eigenvalue weighted by molar-refractivity contribution is -0.137. The van der Waals surface area contributed by atoms with E-state index in [4.69, 9.17) is 9.47 Å². The highest BCUT2D eigenvalue weighted by Crippen LogP contribution is 2.30. The third-order valence-corrected chi connectivity index (χ3v) is 7.16. The Bertz CT molecular complexity index is 1530. The van der Waals surface area contributed by atoms with Gasteiger partial charge < -0.3 is 24.3 Å². The molecule has 0 saturated carbocycles. The number of carbonyl (C=O) groups is 2. The summed E-state index contributed by atoms with van der Waals surface area (Å²) in [6.07, 6.45) is -2.05. The smallest absolute Gasteiger partial charge is 0.416 e. The summed E-state index contributed by atoms with van der Waals surface area (Å²) in [7, 11) is 2.96. The van der Waals surface area contributed by atoms with Crippen LogP contribution in [0.4, 0.5) is 13.2 Å². The highest BCUT2D eigenvalue weighted by atomic mass is 19.4. The number of benzene rings is 3. The maximum Gasteiger partial charge on any atom is 0.416 e. The highest BCUT2D eigenvalue weighted by Gasteiger charge is 2.30. The molecular formula is C32H34F3N3O4. The lowest BCUT2D eigenvalue weighted by atomic mass is 10.1. The number of alkyl halides is 3. The average Bonchev–Trinajstić information content (AvgIpc) is 3.39. The summed E-state index contributed by atoms with van der Waals surface area (Å²) >= 11 is 0. The van der Waals surface area contributed by atoms with E-state index in [1.165, 1.54) is 31.3 Å². The van der Waals surface area contributed by atoms with Gasteiger partial charge in [0.2, 0.25) is 5.91 Å². The molecule has 42 heavy (non-hydrogen) atoms. The Kier molecular flexibility index (Phi) is 9.45. The molecule has 3 aromatic carbocycles. The van der Waals surface area contributed by atoms with Crippen LogP contribution < -0.4 is 9.47 Å². The average molecular weight is 582 g/mol. The van der Waals surface area contributed by atoms with Crippen molar-refractivity contribution in [3.8, 4) is 11.5 Å². The molecule has 1 aromatic heterocycles. The van der Waals surface area contributed by atoms with Gasteiger partial charge in [-0.3, -0.25) is 9.59 Å². The molecule has 0 unspecified atom stereocenters. The molecule has 0 radical (unpaired) electrons. The van der Waals surface area contributed by atoms with Crippen LogP contribution in [0.25, 0.3) is 10.9 Å². The van der Waals surface area contributed by atoms with Gasteiger partial charge >= 0.3 is 6.18 Å². The molecular weight excluding hydrogens is 547 g/mol. The zero-order chi connectivity index (χ0) is 30.4. The van der Waals surface area contributed by atoms with E-state index in [1.807, 2.05) is 44.3 Å². The maximum absolute atomic E-state index is 13.8. The number of para-hydroxylation sites is 1. The molecule has 10 heteroatoms. The summed E-state index contributed by atoms with van der Waals surface area (Å²) in [5.41, 5.74) is 2.06. The number of ether oxygens (including phenoxy) is 2. The van der Waals surface area contributed by atoms with E-state index in [0.717, 1.165) is 28.6 Å². The molecule has 222 valence electrons. The Hall–Kier alpha value is -4.47. The van der Waals surface area contributed by atoms with Crippen molar-refractivity contribution in [2.45, 2.75) is 39.0 Å². The fourth-order valence-corrected chi connectivity index (χ4v) is 4.77. The van der Waals surface area contributed by atoms with Crippen molar-refractivity contribution in [1.82, 2.24) is 14.8 Å². The van der Waals surface area contributed by atoms with Crippen LogP contribution in [0.5, 0.6) is 11.5 Å². The molecule has 1 heterocycles. The molecule has 4 rings (SSSR count). The number of carbonyl (C=O) groups excluding carboxylic acids is 2. The third-order valence-electron chi connectivity index (χ3n) is 7.16. The van der Waals surface area contributed by atoms with Crippen molar-refractivity contribution in [2.24, 2.45) is 0 Å². The summed E-state index contributed by atoms with van der Waals surface area (Å²) in [6, 6.07) is 17.1. The standard InChI is InChI=1S/C32H34F3N3O4/c1-21(2)38(31(40)27-14-13-25(41-3)17-29(27)42-4)20-30(39)37(19-22-9-11-24(12-10-22)32(33,34)35)16-15-23-18-36-28-8-6-5-7-26(23)28/h5-14,17-18,21,36H,15-16,19-20H2,1-4H3. The maximum atomic E-state index is 13.8. The van der Waals surface area contributed by atoms with Crippen molar-refractivity contribution in [3.05, 3.63) is 95.2 Å². The second-order valence-electron chi connectivity index (χ2n) is 10.2. The fourth-order valence-electron chi connectivity index (χ4n) is 4.77. The van der Waals surface area contributed by atoms with E-state index in [9.17, 15) is 22.8 Å². The molecule has 0 fully saturated rings. The Labute approximate surface area is 242 Å². The molecule has 0 atom stereocenters. The number of aromatic amines is 1. The molecule has 0 aliphatic carbocycles. The van der Waals surface area contributed by atoms with E-state index in [1.54, 1.807) is 23.1 Å². The SMILES string of the molecule is COc1ccc(C(=O)N(CC(=O)N(CCc2c[nH]c3ccccc23)Cc2ccc(C(F)(F)F)cc2)C(C)C)c(OC)c1. The van der Waals surface area contributed by atoms with Crippen LogP contribution in [0.2, 0.25) is 0 Å². The Morgan fingerprint density at radius 3 is 2.31 bits per heavy atom. The number of methoxy groups -OCH3 is 2. The van der Waals surface area contributed by atoms with Gasteiger partial charge in [0.15, 0.2) is 0 Å². The normalized spacial score (nSPS) is 11.5. The fraction of sp³-hybridized carbons (Fsp3) is 0.312. The van der Waals surface area contributed by atoms with E-state index < -0.39 is 11.7 Å². The Morgan fingerprint density at radius 1 is 0.952 bits per heavy atom. The van der Waals surface area contributed by atoms with E-state index in [2.05, 4.69) is 4.98 Å². The van der Waals surface area contributed by atoms with Crippen molar-refractivity contribution in [3.63, 3.8) is 0 Å². The van der Waals surface area contributed by atoms with Crippen LogP contribution in [-0.4, -0.2) is 59.9 Å². The predicted molar refractivity (Wildman–Crippen MR) is 155 cm³/mol. The van der Waals surface area contributed by atoms with Gasteiger partial charge in [0.05, 0.1) is 25.3 Å². The zero-order valence-corrected chi connectivity index (χ0v) is 24.0. The van der Waals surface area contributed by atoms with Gasteiger partial charge in [0.1, 0.15) is 18.0 Å². The number of aromatic nitrogens is 1. The van der Waals surface area contributed by atoms with Crippen LogP contribution in [0.3, 0.4) is 0 Å². The molecule has 4 aromatic rings. The van der Waals surface area contributed by atoms with Gasteiger partial charge in [0, 0.05) is 42.3 Å². The molecule has 0 aliphatic rings.